The van der Waals surface area contributed by atoms with Gasteiger partial charge in [0.1, 0.15) is 11.4 Å². The van der Waals surface area contributed by atoms with Crippen LogP contribution in [0.3, 0.4) is 0 Å². The molecule has 1 aromatic heterocycles. The summed E-state index contributed by atoms with van der Waals surface area (Å²) < 4.78 is 19.8. The first-order chi connectivity index (χ1) is 12.8. The molecule has 0 unspecified atom stereocenters. The maximum atomic E-state index is 13.8. The number of rotatable bonds is 5. The molecule has 0 spiro atoms. The van der Waals surface area contributed by atoms with Gasteiger partial charge in [-0.25, -0.2) is 14.4 Å². The van der Waals surface area contributed by atoms with Gasteiger partial charge in [0, 0.05) is 24.1 Å². The van der Waals surface area contributed by atoms with Crippen LogP contribution in [0, 0.1) is 12.7 Å². The van der Waals surface area contributed by atoms with Gasteiger partial charge < -0.3 is 9.64 Å². The van der Waals surface area contributed by atoms with E-state index < -0.39 is 0 Å². The average molecular weight is 390 g/mol. The Hall–Kier alpha value is -1.82. The van der Waals surface area contributed by atoms with E-state index in [1.807, 2.05) is 51.6 Å². The van der Waals surface area contributed by atoms with Gasteiger partial charge in [-0.05, 0) is 52.2 Å². The number of hydrogen-bond donors (Lipinski definition) is 0. The number of hydrogen-bond acceptors (Lipinski definition) is 5. The molecule has 2 aromatic rings. The summed E-state index contributed by atoms with van der Waals surface area (Å²) in [5.41, 5.74) is 1.37. The molecule has 0 saturated carbocycles. The molecule has 1 saturated heterocycles. The van der Waals surface area contributed by atoms with Crippen LogP contribution < -0.4 is 9.64 Å². The van der Waals surface area contributed by atoms with Gasteiger partial charge in [-0.3, -0.25) is 0 Å². The summed E-state index contributed by atoms with van der Waals surface area (Å²) in [6.45, 7) is 9.83. The highest BCUT2D eigenvalue weighted by Gasteiger charge is 2.25. The van der Waals surface area contributed by atoms with Gasteiger partial charge in [0.15, 0.2) is 5.82 Å². The maximum absolute atomic E-state index is 13.8. The third kappa shape index (κ3) is 5.58. The quantitative estimate of drug-likeness (QED) is 0.719. The molecule has 0 N–H and O–H groups in total. The Morgan fingerprint density at radius 3 is 2.59 bits per heavy atom. The zero-order valence-corrected chi connectivity index (χ0v) is 17.4. The minimum atomic E-state index is -0.313. The first kappa shape index (κ1) is 19.9. The Morgan fingerprint density at radius 1 is 1.22 bits per heavy atom. The molecule has 146 valence electrons. The summed E-state index contributed by atoms with van der Waals surface area (Å²) in [4.78, 5) is 11.4. The second-order valence-electron chi connectivity index (χ2n) is 7.94. The van der Waals surface area contributed by atoms with Crippen molar-refractivity contribution in [2.45, 2.75) is 57.1 Å². The fourth-order valence-corrected chi connectivity index (χ4v) is 4.27. The van der Waals surface area contributed by atoms with Crippen molar-refractivity contribution in [1.29, 1.82) is 0 Å². The van der Waals surface area contributed by atoms with Gasteiger partial charge in [0.25, 0.3) is 5.88 Å². The van der Waals surface area contributed by atoms with Gasteiger partial charge in [0.05, 0.1) is 11.9 Å². The van der Waals surface area contributed by atoms with Crippen molar-refractivity contribution in [2.75, 3.05) is 18.0 Å². The largest absolute Gasteiger partial charge is 0.469 e. The maximum Gasteiger partial charge on any atom is 0.258 e. The zero-order valence-electron chi connectivity index (χ0n) is 16.5. The number of nitrogens with zero attached hydrogens (tertiary/aromatic N) is 3. The van der Waals surface area contributed by atoms with Crippen LogP contribution in [-0.2, 0) is 5.75 Å². The van der Waals surface area contributed by atoms with E-state index in [0.29, 0.717) is 11.1 Å². The van der Waals surface area contributed by atoms with Crippen LogP contribution in [0.25, 0.3) is 0 Å². The molecule has 0 atom stereocenters. The molecular weight excluding hydrogens is 361 g/mol. The predicted octanol–water partition coefficient (Wildman–Crippen LogP) is 5.00. The van der Waals surface area contributed by atoms with Gasteiger partial charge >= 0.3 is 0 Å². The van der Waals surface area contributed by atoms with E-state index in [0.717, 1.165) is 48.8 Å². The number of benzene rings is 1. The predicted molar refractivity (Wildman–Crippen MR) is 110 cm³/mol. The van der Waals surface area contributed by atoms with Crippen LogP contribution in [0.15, 0.2) is 30.5 Å². The second-order valence-corrected chi connectivity index (χ2v) is 9.23. The molecule has 27 heavy (non-hydrogen) atoms. The Morgan fingerprint density at radius 2 is 1.93 bits per heavy atom. The molecule has 4 nitrogen and oxygen atoms in total. The van der Waals surface area contributed by atoms with Gasteiger partial charge in [-0.15, -0.1) is 0 Å². The van der Waals surface area contributed by atoms with Crippen molar-refractivity contribution in [2.24, 2.45) is 0 Å². The van der Waals surface area contributed by atoms with Crippen LogP contribution >= 0.6 is 11.8 Å². The number of halogens is 1. The molecule has 0 radical (unpaired) electrons. The zero-order chi connectivity index (χ0) is 19.4. The SMILES string of the molecule is Cc1cnc(OC(C)(C)C)c(N2CCC(SCc3ccccc3F)CC2)n1. The number of ether oxygens (including phenoxy) is 1. The number of aromatic nitrogens is 2. The van der Waals surface area contributed by atoms with Gasteiger partial charge in [-0.1, -0.05) is 18.2 Å². The van der Waals surface area contributed by atoms with Crippen molar-refractivity contribution >= 4 is 17.6 Å². The van der Waals surface area contributed by atoms with Crippen molar-refractivity contribution in [3.63, 3.8) is 0 Å². The lowest BCUT2D eigenvalue weighted by Crippen LogP contribution is -2.36. The number of anilines is 1. The standard InChI is InChI=1S/C21H28FN3OS/c1-15-13-23-20(26-21(2,3)4)19(24-15)25-11-9-17(10-12-25)27-14-16-7-5-6-8-18(16)22/h5-8,13,17H,9-12,14H2,1-4H3. The minimum Gasteiger partial charge on any atom is -0.469 e. The summed E-state index contributed by atoms with van der Waals surface area (Å²) in [7, 11) is 0. The smallest absolute Gasteiger partial charge is 0.258 e. The van der Waals surface area contributed by atoms with E-state index in [9.17, 15) is 4.39 Å². The molecule has 6 heteroatoms. The van der Waals surface area contributed by atoms with E-state index in [4.69, 9.17) is 9.72 Å². The highest BCUT2D eigenvalue weighted by atomic mass is 32.2. The second kappa shape index (κ2) is 8.46. The van der Waals surface area contributed by atoms with Crippen LogP contribution in [-0.4, -0.2) is 33.9 Å². The fourth-order valence-electron chi connectivity index (χ4n) is 3.08. The summed E-state index contributed by atoms with van der Waals surface area (Å²) in [6.07, 6.45) is 3.84. The molecular formula is C21H28FN3OS. The van der Waals surface area contributed by atoms with Crippen LogP contribution in [0.2, 0.25) is 0 Å². The molecule has 1 fully saturated rings. The first-order valence-electron chi connectivity index (χ1n) is 9.44. The Kier molecular flexibility index (Phi) is 6.25. The molecule has 0 amide bonds. The van der Waals surface area contributed by atoms with Crippen LogP contribution in [0.1, 0.15) is 44.9 Å². The molecule has 3 rings (SSSR count). The minimum absolute atomic E-state index is 0.110. The highest BCUT2D eigenvalue weighted by Crippen LogP contribution is 2.33. The Labute approximate surface area is 165 Å². The number of thioether (sulfide) groups is 1. The van der Waals surface area contributed by atoms with Gasteiger partial charge in [0.2, 0.25) is 0 Å². The van der Waals surface area contributed by atoms with E-state index in [1.54, 1.807) is 12.3 Å². The lowest BCUT2D eigenvalue weighted by atomic mass is 10.1. The molecule has 0 bridgehead atoms. The lowest BCUT2D eigenvalue weighted by Gasteiger charge is -2.34. The fraction of sp³-hybridized carbons (Fsp3) is 0.524. The number of aryl methyl sites for hydroxylation is 1. The highest BCUT2D eigenvalue weighted by molar-refractivity contribution is 7.99. The van der Waals surface area contributed by atoms with E-state index >= 15 is 0 Å². The summed E-state index contributed by atoms with van der Waals surface area (Å²) >= 11 is 1.85. The summed E-state index contributed by atoms with van der Waals surface area (Å²) in [5.74, 6) is 2.05. The molecule has 2 heterocycles. The monoisotopic (exact) mass is 389 g/mol. The molecule has 1 aliphatic heterocycles. The Balaban J connectivity index is 1.60. The lowest BCUT2D eigenvalue weighted by molar-refractivity contribution is 0.124. The Bertz CT molecular complexity index is 770. The average Bonchev–Trinajstić information content (AvgIpc) is 2.62. The normalized spacial score (nSPS) is 15.8. The van der Waals surface area contributed by atoms with Crippen LogP contribution in [0.4, 0.5) is 10.2 Å². The van der Waals surface area contributed by atoms with Crippen molar-refractivity contribution in [3.05, 3.63) is 47.5 Å². The third-order valence-corrected chi connectivity index (χ3v) is 5.84. The third-order valence-electron chi connectivity index (χ3n) is 4.42. The molecule has 1 aromatic carbocycles. The van der Waals surface area contributed by atoms with Gasteiger partial charge in [-0.2, -0.15) is 11.8 Å². The van der Waals surface area contributed by atoms with Crippen molar-refractivity contribution in [1.82, 2.24) is 9.97 Å². The summed E-state index contributed by atoms with van der Waals surface area (Å²) in [6, 6.07) is 7.04. The summed E-state index contributed by atoms with van der Waals surface area (Å²) in [5, 5.41) is 0.533. The van der Waals surface area contributed by atoms with E-state index in [-0.39, 0.29) is 11.4 Å². The van der Waals surface area contributed by atoms with Crippen molar-refractivity contribution in [3.8, 4) is 5.88 Å². The first-order valence-corrected chi connectivity index (χ1v) is 10.5. The molecule has 1 aliphatic rings. The molecule has 0 aliphatic carbocycles. The van der Waals surface area contributed by atoms with Crippen molar-refractivity contribution < 1.29 is 9.13 Å². The van der Waals surface area contributed by atoms with E-state index in [1.165, 1.54) is 6.07 Å². The number of piperidine rings is 1. The topological polar surface area (TPSA) is 38.2 Å². The van der Waals surface area contributed by atoms with E-state index in [2.05, 4.69) is 9.88 Å². The van der Waals surface area contributed by atoms with Crippen LogP contribution in [0.5, 0.6) is 5.88 Å².